The second-order valence-corrected chi connectivity index (χ2v) is 9.01. The molecule has 0 bridgehead atoms. The summed E-state index contributed by atoms with van der Waals surface area (Å²) in [4.78, 5) is 2.39. The van der Waals surface area contributed by atoms with Gasteiger partial charge in [0.05, 0.1) is 11.2 Å². The van der Waals surface area contributed by atoms with E-state index in [1.807, 2.05) is 19.4 Å². The zero-order valence-corrected chi connectivity index (χ0v) is 16.4. The number of hydrogen-bond acceptors (Lipinski definition) is 4. The summed E-state index contributed by atoms with van der Waals surface area (Å²) in [7, 11) is -1.68. The van der Waals surface area contributed by atoms with Gasteiger partial charge in [0.2, 0.25) is 10.0 Å². The van der Waals surface area contributed by atoms with Gasteiger partial charge in [0.25, 0.3) is 0 Å². The molecular formula is C15H18BrClN4O2S. The first-order chi connectivity index (χ1) is 11.4. The predicted octanol–water partition coefficient (Wildman–Crippen LogP) is 2.34. The summed E-state index contributed by atoms with van der Waals surface area (Å²) in [5.41, 5.74) is 1.13. The van der Waals surface area contributed by atoms with E-state index in [4.69, 9.17) is 11.6 Å². The number of rotatable bonds is 4. The van der Waals surface area contributed by atoms with Crippen molar-refractivity contribution in [3.05, 3.63) is 45.7 Å². The van der Waals surface area contributed by atoms with Gasteiger partial charge in [0.1, 0.15) is 4.90 Å². The predicted molar refractivity (Wildman–Crippen MR) is 96.4 cm³/mol. The van der Waals surface area contributed by atoms with E-state index in [1.54, 1.807) is 22.9 Å². The van der Waals surface area contributed by atoms with Crippen LogP contribution in [-0.4, -0.2) is 53.6 Å². The van der Waals surface area contributed by atoms with Gasteiger partial charge in [0.15, 0.2) is 0 Å². The molecular weight excluding hydrogens is 416 g/mol. The number of sulfonamides is 1. The number of halogens is 2. The molecule has 130 valence electrons. The van der Waals surface area contributed by atoms with E-state index in [9.17, 15) is 8.42 Å². The number of aromatic nitrogens is 2. The first-order valence-electron chi connectivity index (χ1n) is 7.51. The van der Waals surface area contributed by atoms with E-state index in [0.29, 0.717) is 26.2 Å². The summed E-state index contributed by atoms with van der Waals surface area (Å²) in [6.45, 7) is 3.05. The Balaban J connectivity index is 1.67. The molecule has 9 heteroatoms. The van der Waals surface area contributed by atoms with Crippen LogP contribution in [-0.2, 0) is 23.6 Å². The van der Waals surface area contributed by atoms with Crippen molar-refractivity contribution in [1.29, 1.82) is 0 Å². The summed E-state index contributed by atoms with van der Waals surface area (Å²) >= 11 is 9.41. The quantitative estimate of drug-likeness (QED) is 0.743. The van der Waals surface area contributed by atoms with E-state index < -0.39 is 10.0 Å². The van der Waals surface area contributed by atoms with Crippen LogP contribution in [0.25, 0.3) is 0 Å². The molecule has 0 saturated carbocycles. The van der Waals surface area contributed by atoms with Crippen LogP contribution < -0.4 is 0 Å². The van der Waals surface area contributed by atoms with Gasteiger partial charge in [-0.2, -0.15) is 9.40 Å². The van der Waals surface area contributed by atoms with Crippen LogP contribution in [0.2, 0.25) is 5.02 Å². The zero-order valence-electron chi connectivity index (χ0n) is 13.2. The van der Waals surface area contributed by atoms with Crippen LogP contribution in [0.4, 0.5) is 0 Å². The minimum atomic E-state index is -3.56. The number of piperazine rings is 1. The molecule has 2 heterocycles. The lowest BCUT2D eigenvalue weighted by Gasteiger charge is -2.33. The maximum Gasteiger partial charge on any atom is 0.244 e. The molecule has 1 aromatic heterocycles. The van der Waals surface area contributed by atoms with Gasteiger partial charge < -0.3 is 0 Å². The van der Waals surface area contributed by atoms with Crippen molar-refractivity contribution in [2.45, 2.75) is 11.4 Å². The standard InChI is InChI=1S/C15H18BrClN4O2S/c1-19-10-12(9-18-19)11-20-4-6-21(7-5-20)24(22,23)15-3-2-13(16)8-14(15)17/h2-3,8-10H,4-7,11H2,1H3. The van der Waals surface area contributed by atoms with Crippen molar-refractivity contribution >= 4 is 37.6 Å². The second kappa shape index (κ2) is 7.13. The van der Waals surface area contributed by atoms with Crippen LogP contribution in [0.15, 0.2) is 40.0 Å². The van der Waals surface area contributed by atoms with Crippen molar-refractivity contribution in [3.63, 3.8) is 0 Å². The van der Waals surface area contributed by atoms with Crippen LogP contribution in [0.3, 0.4) is 0 Å². The largest absolute Gasteiger partial charge is 0.296 e. The van der Waals surface area contributed by atoms with Crippen molar-refractivity contribution < 1.29 is 8.42 Å². The maximum absolute atomic E-state index is 12.8. The fourth-order valence-corrected chi connectivity index (χ4v) is 5.20. The van der Waals surface area contributed by atoms with E-state index >= 15 is 0 Å². The first-order valence-corrected chi connectivity index (χ1v) is 10.1. The summed E-state index contributed by atoms with van der Waals surface area (Å²) in [5, 5.41) is 4.40. The molecule has 0 radical (unpaired) electrons. The van der Waals surface area contributed by atoms with Crippen molar-refractivity contribution in [1.82, 2.24) is 19.0 Å². The van der Waals surface area contributed by atoms with Crippen LogP contribution in [0, 0.1) is 0 Å². The lowest BCUT2D eigenvalue weighted by Crippen LogP contribution is -2.48. The Morgan fingerprint density at radius 2 is 1.96 bits per heavy atom. The van der Waals surface area contributed by atoms with Crippen LogP contribution >= 0.6 is 27.5 Å². The van der Waals surface area contributed by atoms with Gasteiger partial charge in [-0.1, -0.05) is 27.5 Å². The SMILES string of the molecule is Cn1cc(CN2CCN(S(=O)(=O)c3ccc(Br)cc3Cl)CC2)cn1. The van der Waals surface area contributed by atoms with Crippen molar-refractivity contribution in [3.8, 4) is 0 Å². The molecule has 0 aliphatic carbocycles. The Kier molecular flexibility index (Phi) is 5.31. The molecule has 1 saturated heterocycles. The Hall–Kier alpha value is -0.930. The fourth-order valence-electron chi connectivity index (χ4n) is 2.76. The average Bonchev–Trinajstić information content (AvgIpc) is 2.92. The van der Waals surface area contributed by atoms with Crippen molar-refractivity contribution in [2.75, 3.05) is 26.2 Å². The molecule has 0 unspecified atom stereocenters. The van der Waals surface area contributed by atoms with Gasteiger partial charge in [-0.05, 0) is 18.2 Å². The Morgan fingerprint density at radius 1 is 1.25 bits per heavy atom. The fraction of sp³-hybridized carbons (Fsp3) is 0.400. The molecule has 3 rings (SSSR count). The zero-order chi connectivity index (χ0) is 17.3. The highest BCUT2D eigenvalue weighted by Gasteiger charge is 2.30. The molecule has 0 spiro atoms. The number of aryl methyl sites for hydroxylation is 1. The van der Waals surface area contributed by atoms with Gasteiger partial charge in [0, 0.05) is 56.0 Å². The van der Waals surface area contributed by atoms with Gasteiger partial charge >= 0.3 is 0 Å². The average molecular weight is 434 g/mol. The minimum Gasteiger partial charge on any atom is -0.296 e. The minimum absolute atomic E-state index is 0.160. The summed E-state index contributed by atoms with van der Waals surface area (Å²) < 4.78 is 29.6. The molecule has 0 N–H and O–H groups in total. The Labute approximate surface area is 155 Å². The van der Waals surface area contributed by atoms with E-state index in [0.717, 1.165) is 16.6 Å². The number of nitrogens with zero attached hydrogens (tertiary/aromatic N) is 4. The van der Waals surface area contributed by atoms with Crippen LogP contribution in [0.1, 0.15) is 5.56 Å². The van der Waals surface area contributed by atoms with Crippen LogP contribution in [0.5, 0.6) is 0 Å². The highest BCUT2D eigenvalue weighted by Crippen LogP contribution is 2.28. The molecule has 1 aromatic carbocycles. The number of benzene rings is 1. The smallest absolute Gasteiger partial charge is 0.244 e. The highest BCUT2D eigenvalue weighted by molar-refractivity contribution is 9.10. The van der Waals surface area contributed by atoms with Gasteiger partial charge in [-0.3, -0.25) is 9.58 Å². The molecule has 1 aliphatic rings. The molecule has 1 fully saturated rings. The molecule has 2 aromatic rings. The van der Waals surface area contributed by atoms with Gasteiger partial charge in [-0.25, -0.2) is 8.42 Å². The van der Waals surface area contributed by atoms with E-state index in [1.165, 1.54) is 4.31 Å². The highest BCUT2D eigenvalue weighted by atomic mass is 79.9. The second-order valence-electron chi connectivity index (χ2n) is 5.78. The van der Waals surface area contributed by atoms with E-state index in [2.05, 4.69) is 25.9 Å². The maximum atomic E-state index is 12.8. The lowest BCUT2D eigenvalue weighted by molar-refractivity contribution is 0.181. The monoisotopic (exact) mass is 432 g/mol. The third-order valence-electron chi connectivity index (χ3n) is 4.01. The first kappa shape index (κ1) is 17.9. The lowest BCUT2D eigenvalue weighted by atomic mass is 10.3. The molecule has 6 nitrogen and oxygen atoms in total. The third-order valence-corrected chi connectivity index (χ3v) is 6.88. The van der Waals surface area contributed by atoms with E-state index in [-0.39, 0.29) is 9.92 Å². The summed E-state index contributed by atoms with van der Waals surface area (Å²) in [5.74, 6) is 0. The van der Waals surface area contributed by atoms with Crippen molar-refractivity contribution in [2.24, 2.45) is 7.05 Å². The Morgan fingerprint density at radius 3 is 2.54 bits per heavy atom. The Bertz CT molecular complexity index is 832. The molecule has 0 amide bonds. The number of hydrogen-bond donors (Lipinski definition) is 0. The molecule has 0 atom stereocenters. The summed E-state index contributed by atoms with van der Waals surface area (Å²) in [6, 6.07) is 4.84. The topological polar surface area (TPSA) is 58.4 Å². The third kappa shape index (κ3) is 3.83. The summed E-state index contributed by atoms with van der Waals surface area (Å²) in [6.07, 6.45) is 3.81. The van der Waals surface area contributed by atoms with Gasteiger partial charge in [-0.15, -0.1) is 0 Å². The molecule has 1 aliphatic heterocycles. The normalized spacial score (nSPS) is 17.3. The molecule has 24 heavy (non-hydrogen) atoms.